The number of piperidine rings is 1. The molecule has 1 heterocycles. The minimum Gasteiger partial charge on any atom is -0.397 e. The molecule has 3 unspecified atom stereocenters. The zero-order valence-electron chi connectivity index (χ0n) is 13.6. The highest BCUT2D eigenvalue weighted by Gasteiger charge is 2.30. The number of halogens is 1. The lowest BCUT2D eigenvalue weighted by Gasteiger charge is -2.39. The zero-order valence-corrected chi connectivity index (χ0v) is 14.4. The third-order valence-electron chi connectivity index (χ3n) is 4.29. The first kappa shape index (κ1) is 17.1. The number of nitrogen functional groups attached to an aromatic ring is 1. The predicted octanol–water partition coefficient (Wildman–Crippen LogP) is 3.62. The summed E-state index contributed by atoms with van der Waals surface area (Å²) in [6.07, 6.45) is 2.04. The monoisotopic (exact) mass is 323 g/mol. The molecule has 4 nitrogen and oxygen atoms in total. The summed E-state index contributed by atoms with van der Waals surface area (Å²) in [6.45, 7) is 8.54. The van der Waals surface area contributed by atoms with Crippen LogP contribution in [0.5, 0.6) is 0 Å². The summed E-state index contributed by atoms with van der Waals surface area (Å²) in [4.78, 5) is 14.9. The number of amides is 1. The summed E-state index contributed by atoms with van der Waals surface area (Å²) in [5.74, 6) is 1.30. The molecule has 0 bridgehead atoms. The molecule has 0 aromatic heterocycles. The summed E-state index contributed by atoms with van der Waals surface area (Å²) < 4.78 is 0. The van der Waals surface area contributed by atoms with Crippen LogP contribution in [0.3, 0.4) is 0 Å². The van der Waals surface area contributed by atoms with Crippen molar-refractivity contribution in [3.05, 3.63) is 23.2 Å². The first-order valence-electron chi connectivity index (χ1n) is 8.00. The lowest BCUT2D eigenvalue weighted by Crippen LogP contribution is -2.50. The molecule has 1 aromatic carbocycles. The van der Waals surface area contributed by atoms with Crippen LogP contribution in [0.4, 0.5) is 11.4 Å². The Kier molecular flexibility index (Phi) is 5.70. The van der Waals surface area contributed by atoms with Crippen molar-refractivity contribution in [3.8, 4) is 0 Å². The van der Waals surface area contributed by atoms with Gasteiger partial charge in [-0.15, -0.1) is 0 Å². The Bertz CT molecular complexity index is 525. The Hall–Kier alpha value is -1.26. The van der Waals surface area contributed by atoms with Crippen molar-refractivity contribution in [2.45, 2.75) is 39.7 Å². The van der Waals surface area contributed by atoms with Crippen molar-refractivity contribution in [1.29, 1.82) is 0 Å². The summed E-state index contributed by atoms with van der Waals surface area (Å²) in [5.41, 5.74) is 6.97. The van der Waals surface area contributed by atoms with E-state index in [1.807, 2.05) is 0 Å². The number of hydrogen-bond donors (Lipinski definition) is 2. The summed E-state index contributed by atoms with van der Waals surface area (Å²) >= 11 is 5.91. The fraction of sp³-hybridized carbons (Fsp3) is 0.588. The molecule has 1 fully saturated rings. The number of carbonyl (C=O) groups is 1. The van der Waals surface area contributed by atoms with Crippen molar-refractivity contribution >= 4 is 28.9 Å². The molecule has 1 aliphatic rings. The molecule has 1 aromatic rings. The van der Waals surface area contributed by atoms with Crippen LogP contribution in [0, 0.1) is 11.8 Å². The van der Waals surface area contributed by atoms with Gasteiger partial charge in [-0.3, -0.25) is 9.69 Å². The number of nitrogens with zero attached hydrogens (tertiary/aromatic N) is 1. The highest BCUT2D eigenvalue weighted by molar-refractivity contribution is 6.33. The minimum absolute atomic E-state index is 0.0329. The highest BCUT2D eigenvalue weighted by atomic mass is 35.5. The normalized spacial score (nSPS) is 24.0. The van der Waals surface area contributed by atoms with E-state index in [0.717, 1.165) is 19.5 Å². The smallest absolute Gasteiger partial charge is 0.241 e. The molecule has 0 radical (unpaired) electrons. The maximum absolute atomic E-state index is 12.6. The van der Waals surface area contributed by atoms with Crippen LogP contribution < -0.4 is 11.1 Å². The second-order valence-electron chi connectivity index (χ2n) is 6.55. The molecule has 1 saturated heterocycles. The quantitative estimate of drug-likeness (QED) is 0.832. The highest BCUT2D eigenvalue weighted by Crippen LogP contribution is 2.25. The number of rotatable bonds is 4. The third kappa shape index (κ3) is 4.14. The van der Waals surface area contributed by atoms with E-state index in [4.69, 9.17) is 17.3 Å². The Morgan fingerprint density at radius 3 is 2.59 bits per heavy atom. The number of hydrogen-bond acceptors (Lipinski definition) is 3. The van der Waals surface area contributed by atoms with Gasteiger partial charge in [-0.05, 0) is 42.9 Å². The van der Waals surface area contributed by atoms with Crippen LogP contribution in [0.1, 0.15) is 33.6 Å². The predicted molar refractivity (Wildman–Crippen MR) is 93.1 cm³/mol. The van der Waals surface area contributed by atoms with Gasteiger partial charge in [0.05, 0.1) is 16.8 Å². The molecule has 0 spiro atoms. The van der Waals surface area contributed by atoms with Gasteiger partial charge in [-0.2, -0.15) is 0 Å². The zero-order chi connectivity index (χ0) is 16.3. The van der Waals surface area contributed by atoms with E-state index >= 15 is 0 Å². The van der Waals surface area contributed by atoms with Gasteiger partial charge in [-0.1, -0.05) is 32.4 Å². The Morgan fingerprint density at radius 2 is 2.05 bits per heavy atom. The molecule has 1 amide bonds. The van der Waals surface area contributed by atoms with Gasteiger partial charge in [-0.25, -0.2) is 0 Å². The van der Waals surface area contributed by atoms with E-state index in [9.17, 15) is 4.79 Å². The average Bonchev–Trinajstić information content (AvgIpc) is 2.42. The molecule has 0 saturated carbocycles. The number of nitrogens with one attached hydrogen (secondary N) is 1. The SMILES string of the molecule is CCC(C(=O)Nc1ccc(Cl)c(N)c1)N1CC(C)CC(C)C1. The number of benzene rings is 1. The molecule has 122 valence electrons. The lowest BCUT2D eigenvalue weighted by atomic mass is 9.90. The van der Waals surface area contributed by atoms with Gasteiger partial charge >= 0.3 is 0 Å². The number of carbonyl (C=O) groups excluding carboxylic acids is 1. The van der Waals surface area contributed by atoms with Gasteiger partial charge in [0.1, 0.15) is 0 Å². The van der Waals surface area contributed by atoms with Crippen molar-refractivity contribution < 1.29 is 4.79 Å². The average molecular weight is 324 g/mol. The first-order valence-corrected chi connectivity index (χ1v) is 8.38. The molecule has 3 N–H and O–H groups in total. The largest absolute Gasteiger partial charge is 0.397 e. The van der Waals surface area contributed by atoms with E-state index in [-0.39, 0.29) is 11.9 Å². The van der Waals surface area contributed by atoms with Gasteiger partial charge in [0.15, 0.2) is 0 Å². The van der Waals surface area contributed by atoms with Crippen LogP contribution in [0.25, 0.3) is 0 Å². The van der Waals surface area contributed by atoms with Crippen LogP contribution in [0.2, 0.25) is 5.02 Å². The number of anilines is 2. The van der Waals surface area contributed by atoms with Crippen LogP contribution in [-0.2, 0) is 4.79 Å². The lowest BCUT2D eigenvalue weighted by molar-refractivity contribution is -0.122. The molecular formula is C17H26ClN3O. The fourth-order valence-corrected chi connectivity index (χ4v) is 3.54. The van der Waals surface area contributed by atoms with E-state index in [0.29, 0.717) is 28.2 Å². The van der Waals surface area contributed by atoms with Crippen LogP contribution >= 0.6 is 11.6 Å². The standard InChI is InChI=1S/C17H26ClN3O/c1-4-16(21-9-11(2)7-12(3)10-21)17(22)20-13-5-6-14(18)15(19)8-13/h5-6,8,11-12,16H,4,7,9-10,19H2,1-3H3,(H,20,22). The summed E-state index contributed by atoms with van der Waals surface area (Å²) in [7, 11) is 0. The van der Waals surface area contributed by atoms with Crippen molar-refractivity contribution in [1.82, 2.24) is 4.90 Å². The molecule has 1 aliphatic heterocycles. The summed E-state index contributed by atoms with van der Waals surface area (Å²) in [6, 6.07) is 5.10. The molecule has 22 heavy (non-hydrogen) atoms. The van der Waals surface area contributed by atoms with Gasteiger partial charge in [0, 0.05) is 18.8 Å². The minimum atomic E-state index is -0.0953. The van der Waals surface area contributed by atoms with Gasteiger partial charge in [0.25, 0.3) is 0 Å². The van der Waals surface area contributed by atoms with Gasteiger partial charge < -0.3 is 11.1 Å². The molecule has 3 atom stereocenters. The molecule has 5 heteroatoms. The molecule has 0 aliphatic carbocycles. The summed E-state index contributed by atoms with van der Waals surface area (Å²) in [5, 5.41) is 3.47. The van der Waals surface area contributed by atoms with Gasteiger partial charge in [0.2, 0.25) is 5.91 Å². The van der Waals surface area contributed by atoms with Crippen molar-refractivity contribution in [2.75, 3.05) is 24.1 Å². The third-order valence-corrected chi connectivity index (χ3v) is 4.63. The maximum Gasteiger partial charge on any atom is 0.241 e. The first-order chi connectivity index (χ1) is 10.4. The van der Waals surface area contributed by atoms with E-state index in [2.05, 4.69) is 31.0 Å². The number of nitrogens with two attached hydrogens (primary N) is 1. The fourth-order valence-electron chi connectivity index (χ4n) is 3.42. The van der Waals surface area contributed by atoms with E-state index in [1.165, 1.54) is 6.42 Å². The number of likely N-dealkylation sites (tertiary alicyclic amines) is 1. The Morgan fingerprint density at radius 1 is 1.41 bits per heavy atom. The van der Waals surface area contributed by atoms with Crippen molar-refractivity contribution in [3.63, 3.8) is 0 Å². The Balaban J connectivity index is 2.06. The van der Waals surface area contributed by atoms with Crippen LogP contribution in [-0.4, -0.2) is 29.9 Å². The van der Waals surface area contributed by atoms with E-state index < -0.39 is 0 Å². The van der Waals surface area contributed by atoms with E-state index in [1.54, 1.807) is 18.2 Å². The Labute approximate surface area is 138 Å². The van der Waals surface area contributed by atoms with Crippen molar-refractivity contribution in [2.24, 2.45) is 11.8 Å². The molecular weight excluding hydrogens is 298 g/mol. The second kappa shape index (κ2) is 7.34. The molecule has 2 rings (SSSR count). The second-order valence-corrected chi connectivity index (χ2v) is 6.96. The topological polar surface area (TPSA) is 58.4 Å². The van der Waals surface area contributed by atoms with Crippen LogP contribution in [0.15, 0.2) is 18.2 Å². The maximum atomic E-state index is 12.6.